The van der Waals surface area contributed by atoms with Crippen molar-refractivity contribution >= 4 is 0 Å². The molecule has 0 radical (unpaired) electrons. The Hall–Kier alpha value is -0.780. The average molecular weight is 162 g/mol. The van der Waals surface area contributed by atoms with Gasteiger partial charge in [-0.15, -0.1) is 0 Å². The molecular weight excluding hydrogens is 144 g/mol. The Labute approximate surface area is 75.7 Å². The van der Waals surface area contributed by atoms with Crippen molar-refractivity contribution in [2.45, 2.75) is 38.5 Å². The largest absolute Gasteiger partial charge is 0.0845 e. The van der Waals surface area contributed by atoms with Crippen molar-refractivity contribution in [3.63, 3.8) is 0 Å². The Morgan fingerprint density at radius 1 is 0.500 bits per heavy atom. The van der Waals surface area contributed by atoms with E-state index in [0.29, 0.717) is 0 Å². The molecular formula is C12H18. The van der Waals surface area contributed by atoms with Gasteiger partial charge in [-0.1, -0.05) is 49.3 Å². The fourth-order valence-corrected chi connectivity index (χ4v) is 1.36. The third kappa shape index (κ3) is 4.95. The normalized spacial score (nSPS) is 25.3. The molecule has 0 N–H and O–H groups in total. The van der Waals surface area contributed by atoms with Crippen molar-refractivity contribution in [2.75, 3.05) is 0 Å². The summed E-state index contributed by atoms with van der Waals surface area (Å²) < 4.78 is 0. The molecule has 1 rings (SSSR count). The molecule has 1 aliphatic carbocycles. The highest BCUT2D eigenvalue weighted by molar-refractivity contribution is 5.11. The molecule has 0 fully saturated rings. The van der Waals surface area contributed by atoms with Gasteiger partial charge >= 0.3 is 0 Å². The molecule has 0 heterocycles. The van der Waals surface area contributed by atoms with Gasteiger partial charge in [-0.2, -0.15) is 0 Å². The molecule has 0 amide bonds. The molecule has 0 atom stereocenters. The summed E-state index contributed by atoms with van der Waals surface area (Å²) in [5.74, 6) is 0. The number of hydrogen-bond acceptors (Lipinski definition) is 0. The molecule has 0 saturated carbocycles. The van der Waals surface area contributed by atoms with Crippen LogP contribution >= 0.6 is 0 Å². The first-order chi connectivity index (χ1) is 6.00. The first kappa shape index (κ1) is 9.31. The smallest absolute Gasteiger partial charge is 0.0348 e. The van der Waals surface area contributed by atoms with Crippen LogP contribution in [0.5, 0.6) is 0 Å². The topological polar surface area (TPSA) is 0 Å². The second kappa shape index (κ2) is 6.90. The molecule has 0 aromatic carbocycles. The summed E-state index contributed by atoms with van der Waals surface area (Å²) in [6.07, 6.45) is 21.0. The van der Waals surface area contributed by atoms with Crippen molar-refractivity contribution in [2.24, 2.45) is 0 Å². The monoisotopic (exact) mass is 162 g/mol. The maximum atomic E-state index is 2.26. The van der Waals surface area contributed by atoms with Gasteiger partial charge in [0.15, 0.2) is 0 Å². The van der Waals surface area contributed by atoms with Crippen LogP contribution in [-0.4, -0.2) is 0 Å². The van der Waals surface area contributed by atoms with Gasteiger partial charge in [0, 0.05) is 0 Å². The third-order valence-corrected chi connectivity index (χ3v) is 2.10. The summed E-state index contributed by atoms with van der Waals surface area (Å²) in [6, 6.07) is 0. The van der Waals surface area contributed by atoms with E-state index in [2.05, 4.69) is 36.5 Å². The summed E-state index contributed by atoms with van der Waals surface area (Å²) >= 11 is 0. The van der Waals surface area contributed by atoms with Crippen LogP contribution in [0.4, 0.5) is 0 Å². The van der Waals surface area contributed by atoms with Crippen LogP contribution in [0.15, 0.2) is 36.5 Å². The predicted octanol–water partition coefficient (Wildman–Crippen LogP) is 4.01. The van der Waals surface area contributed by atoms with Gasteiger partial charge < -0.3 is 0 Å². The van der Waals surface area contributed by atoms with Crippen LogP contribution in [-0.2, 0) is 0 Å². The lowest BCUT2D eigenvalue weighted by atomic mass is 10.1. The van der Waals surface area contributed by atoms with Gasteiger partial charge in [0.25, 0.3) is 0 Å². The quantitative estimate of drug-likeness (QED) is 0.505. The van der Waals surface area contributed by atoms with E-state index in [-0.39, 0.29) is 0 Å². The van der Waals surface area contributed by atoms with E-state index in [1.807, 2.05) is 0 Å². The molecule has 0 aromatic heterocycles. The Morgan fingerprint density at radius 3 is 1.50 bits per heavy atom. The van der Waals surface area contributed by atoms with Gasteiger partial charge in [0.2, 0.25) is 0 Å². The molecule has 0 unspecified atom stereocenters. The highest BCUT2D eigenvalue weighted by atomic mass is 13.9. The summed E-state index contributed by atoms with van der Waals surface area (Å²) in [4.78, 5) is 0. The van der Waals surface area contributed by atoms with E-state index in [1.165, 1.54) is 38.5 Å². The Morgan fingerprint density at radius 2 is 1.00 bits per heavy atom. The minimum Gasteiger partial charge on any atom is -0.0845 e. The van der Waals surface area contributed by atoms with E-state index < -0.39 is 0 Å². The van der Waals surface area contributed by atoms with Crippen molar-refractivity contribution < 1.29 is 0 Å². The molecule has 0 saturated heterocycles. The van der Waals surface area contributed by atoms with Crippen LogP contribution in [0.2, 0.25) is 0 Å². The summed E-state index contributed by atoms with van der Waals surface area (Å²) in [5.41, 5.74) is 0. The van der Waals surface area contributed by atoms with Crippen LogP contribution in [0.25, 0.3) is 0 Å². The minimum atomic E-state index is 1.24. The lowest BCUT2D eigenvalue weighted by Gasteiger charge is -1.96. The van der Waals surface area contributed by atoms with E-state index in [4.69, 9.17) is 0 Å². The summed E-state index contributed by atoms with van der Waals surface area (Å²) in [7, 11) is 0. The van der Waals surface area contributed by atoms with Crippen LogP contribution in [0.1, 0.15) is 38.5 Å². The molecule has 12 heavy (non-hydrogen) atoms. The van der Waals surface area contributed by atoms with Gasteiger partial charge in [0.05, 0.1) is 0 Å². The van der Waals surface area contributed by atoms with E-state index in [9.17, 15) is 0 Å². The average Bonchev–Trinajstić information content (AvgIpc) is 2.05. The summed E-state index contributed by atoms with van der Waals surface area (Å²) in [5, 5.41) is 0. The van der Waals surface area contributed by atoms with Gasteiger partial charge in [0.1, 0.15) is 0 Å². The summed E-state index contributed by atoms with van der Waals surface area (Å²) in [6.45, 7) is 0. The molecule has 0 nitrogen and oxygen atoms in total. The third-order valence-electron chi connectivity index (χ3n) is 2.10. The lowest BCUT2D eigenvalue weighted by molar-refractivity contribution is 0.652. The lowest BCUT2D eigenvalue weighted by Crippen LogP contribution is -1.77. The highest BCUT2D eigenvalue weighted by Crippen LogP contribution is 2.07. The standard InChI is InChI=1S/C12H18/c1-2-4-6-8-10-12-11-9-7-5-3-1/h1-6H,7-12H2/b2-1-,5-3+,6-4?. The number of rotatable bonds is 0. The Kier molecular flexibility index (Phi) is 5.35. The van der Waals surface area contributed by atoms with Crippen molar-refractivity contribution in [3.05, 3.63) is 36.5 Å². The molecule has 0 bridgehead atoms. The molecule has 0 spiro atoms. The first-order valence-corrected chi connectivity index (χ1v) is 4.98. The highest BCUT2D eigenvalue weighted by Gasteiger charge is 1.87. The number of allylic oxidation sites excluding steroid dienone is 6. The predicted molar refractivity (Wildman–Crippen MR) is 55.1 cm³/mol. The van der Waals surface area contributed by atoms with Gasteiger partial charge in [-0.05, 0) is 25.7 Å². The molecule has 0 aliphatic heterocycles. The van der Waals surface area contributed by atoms with Crippen molar-refractivity contribution in [1.82, 2.24) is 0 Å². The molecule has 66 valence electrons. The van der Waals surface area contributed by atoms with Crippen molar-refractivity contribution in [1.29, 1.82) is 0 Å². The zero-order valence-corrected chi connectivity index (χ0v) is 7.71. The maximum absolute atomic E-state index is 2.26. The zero-order valence-electron chi connectivity index (χ0n) is 7.71. The second-order valence-corrected chi connectivity index (χ2v) is 3.23. The molecule has 1 aliphatic rings. The Bertz CT molecular complexity index is 152. The molecule has 0 heteroatoms. The second-order valence-electron chi connectivity index (χ2n) is 3.23. The molecule has 0 aromatic rings. The van der Waals surface area contributed by atoms with E-state index in [1.54, 1.807) is 0 Å². The maximum Gasteiger partial charge on any atom is -0.0348 e. The fourth-order valence-electron chi connectivity index (χ4n) is 1.36. The minimum absolute atomic E-state index is 1.24. The van der Waals surface area contributed by atoms with Crippen LogP contribution in [0, 0.1) is 0 Å². The fraction of sp³-hybridized carbons (Fsp3) is 0.500. The van der Waals surface area contributed by atoms with Crippen LogP contribution < -0.4 is 0 Å². The Balaban J connectivity index is 2.32. The van der Waals surface area contributed by atoms with E-state index in [0.717, 1.165) is 0 Å². The van der Waals surface area contributed by atoms with E-state index >= 15 is 0 Å². The number of hydrogen-bond donors (Lipinski definition) is 0. The van der Waals surface area contributed by atoms with Gasteiger partial charge in [-0.3, -0.25) is 0 Å². The zero-order chi connectivity index (χ0) is 8.49. The first-order valence-electron chi connectivity index (χ1n) is 4.98. The van der Waals surface area contributed by atoms with Crippen molar-refractivity contribution in [3.8, 4) is 0 Å². The van der Waals surface area contributed by atoms with Gasteiger partial charge in [-0.25, -0.2) is 0 Å². The SMILES string of the molecule is C1=CCCCCCC/C=C/C=C\1. The van der Waals surface area contributed by atoms with Crippen LogP contribution in [0.3, 0.4) is 0 Å².